The highest BCUT2D eigenvalue weighted by Crippen LogP contribution is 2.24. The molecule has 2 aromatic rings. The van der Waals surface area contributed by atoms with Crippen molar-refractivity contribution in [1.29, 1.82) is 0 Å². The molecule has 0 radical (unpaired) electrons. The maximum Gasteiger partial charge on any atom is 0.273 e. The predicted molar refractivity (Wildman–Crippen MR) is 75.6 cm³/mol. The Morgan fingerprint density at radius 1 is 1.30 bits per heavy atom. The Hall–Kier alpha value is -2.17. The standard InChI is InChI=1S/C15H18N4O/c1-11-7-8-12(9-11)17-15(20)14-10-16-19(18-14)13-5-3-2-4-6-13/h2-6,10-12H,7-9H2,1H3,(H,17,20). The smallest absolute Gasteiger partial charge is 0.273 e. The van der Waals surface area contributed by atoms with Crippen LogP contribution < -0.4 is 5.32 Å². The monoisotopic (exact) mass is 270 g/mol. The van der Waals surface area contributed by atoms with Crippen LogP contribution in [0.3, 0.4) is 0 Å². The van der Waals surface area contributed by atoms with Gasteiger partial charge in [0.2, 0.25) is 0 Å². The van der Waals surface area contributed by atoms with Gasteiger partial charge < -0.3 is 5.32 Å². The molecule has 1 heterocycles. The fourth-order valence-corrected chi connectivity index (χ4v) is 2.65. The van der Waals surface area contributed by atoms with Crippen molar-refractivity contribution in [3.8, 4) is 5.69 Å². The van der Waals surface area contributed by atoms with Gasteiger partial charge in [0.25, 0.3) is 5.91 Å². The van der Waals surface area contributed by atoms with Crippen molar-refractivity contribution in [1.82, 2.24) is 20.3 Å². The van der Waals surface area contributed by atoms with Crippen molar-refractivity contribution in [2.24, 2.45) is 5.92 Å². The minimum absolute atomic E-state index is 0.133. The largest absolute Gasteiger partial charge is 0.348 e. The molecule has 1 aromatic heterocycles. The minimum Gasteiger partial charge on any atom is -0.348 e. The highest BCUT2D eigenvalue weighted by molar-refractivity contribution is 5.92. The number of benzene rings is 1. The van der Waals surface area contributed by atoms with E-state index >= 15 is 0 Å². The van der Waals surface area contributed by atoms with Gasteiger partial charge in [-0.15, -0.1) is 5.10 Å². The molecule has 1 N–H and O–H groups in total. The SMILES string of the molecule is CC1CCC(NC(=O)c2cnn(-c3ccccc3)n2)C1. The van der Waals surface area contributed by atoms with E-state index in [1.165, 1.54) is 17.4 Å². The lowest BCUT2D eigenvalue weighted by molar-refractivity contribution is 0.0932. The number of para-hydroxylation sites is 1. The van der Waals surface area contributed by atoms with Crippen LogP contribution in [0.5, 0.6) is 0 Å². The first kappa shape index (κ1) is 12.8. The number of nitrogens with zero attached hydrogens (tertiary/aromatic N) is 3. The zero-order valence-corrected chi connectivity index (χ0v) is 11.5. The summed E-state index contributed by atoms with van der Waals surface area (Å²) in [4.78, 5) is 13.6. The summed E-state index contributed by atoms with van der Waals surface area (Å²) < 4.78 is 0. The van der Waals surface area contributed by atoms with Gasteiger partial charge in [0.05, 0.1) is 11.9 Å². The van der Waals surface area contributed by atoms with Gasteiger partial charge in [-0.3, -0.25) is 4.79 Å². The van der Waals surface area contributed by atoms with E-state index in [0.717, 1.165) is 18.5 Å². The number of carbonyl (C=O) groups excluding carboxylic acids is 1. The molecular weight excluding hydrogens is 252 g/mol. The lowest BCUT2D eigenvalue weighted by atomic mass is 10.1. The first-order valence-corrected chi connectivity index (χ1v) is 7.01. The van der Waals surface area contributed by atoms with Crippen molar-refractivity contribution in [3.63, 3.8) is 0 Å². The van der Waals surface area contributed by atoms with Crippen molar-refractivity contribution in [3.05, 3.63) is 42.2 Å². The molecular formula is C15H18N4O. The number of rotatable bonds is 3. The van der Waals surface area contributed by atoms with Gasteiger partial charge in [-0.25, -0.2) is 0 Å². The van der Waals surface area contributed by atoms with Crippen molar-refractivity contribution < 1.29 is 4.79 Å². The van der Waals surface area contributed by atoms with Crippen LogP contribution in [0.25, 0.3) is 5.69 Å². The molecule has 3 rings (SSSR count). The summed E-state index contributed by atoms with van der Waals surface area (Å²) in [6.07, 6.45) is 4.81. The van der Waals surface area contributed by atoms with Gasteiger partial charge in [0.15, 0.2) is 5.69 Å². The topological polar surface area (TPSA) is 59.8 Å². The third-order valence-corrected chi connectivity index (χ3v) is 3.74. The molecule has 0 bridgehead atoms. The summed E-state index contributed by atoms with van der Waals surface area (Å²) >= 11 is 0. The van der Waals surface area contributed by atoms with Gasteiger partial charge in [-0.2, -0.15) is 9.90 Å². The molecule has 5 heteroatoms. The molecule has 1 aliphatic rings. The molecule has 5 nitrogen and oxygen atoms in total. The summed E-state index contributed by atoms with van der Waals surface area (Å²) in [6.45, 7) is 2.22. The lowest BCUT2D eigenvalue weighted by Crippen LogP contribution is -2.33. The second kappa shape index (κ2) is 5.45. The van der Waals surface area contributed by atoms with E-state index < -0.39 is 0 Å². The molecule has 1 amide bonds. The highest BCUT2D eigenvalue weighted by Gasteiger charge is 2.24. The zero-order valence-electron chi connectivity index (χ0n) is 11.5. The molecule has 0 spiro atoms. The van der Waals surface area contributed by atoms with Gasteiger partial charge in [0.1, 0.15) is 0 Å². The van der Waals surface area contributed by atoms with E-state index in [4.69, 9.17) is 0 Å². The molecule has 0 aliphatic heterocycles. The number of aromatic nitrogens is 3. The summed E-state index contributed by atoms with van der Waals surface area (Å²) in [5.41, 5.74) is 1.22. The van der Waals surface area contributed by atoms with Crippen molar-refractivity contribution >= 4 is 5.91 Å². The van der Waals surface area contributed by atoms with Crippen molar-refractivity contribution in [2.75, 3.05) is 0 Å². The predicted octanol–water partition coefficient (Wildman–Crippen LogP) is 2.19. The maximum absolute atomic E-state index is 12.1. The van der Waals surface area contributed by atoms with Crippen molar-refractivity contribution in [2.45, 2.75) is 32.2 Å². The Bertz CT molecular complexity index is 593. The minimum atomic E-state index is -0.133. The molecule has 2 unspecified atom stereocenters. The fourth-order valence-electron chi connectivity index (χ4n) is 2.65. The van der Waals surface area contributed by atoms with E-state index in [9.17, 15) is 4.79 Å². The Labute approximate surface area is 118 Å². The quantitative estimate of drug-likeness (QED) is 0.930. The van der Waals surface area contributed by atoms with E-state index in [1.807, 2.05) is 30.3 Å². The Morgan fingerprint density at radius 3 is 2.80 bits per heavy atom. The molecule has 2 atom stereocenters. The maximum atomic E-state index is 12.1. The number of amides is 1. The number of hydrogen-bond donors (Lipinski definition) is 1. The third-order valence-electron chi connectivity index (χ3n) is 3.74. The summed E-state index contributed by atoms with van der Waals surface area (Å²) in [5.74, 6) is 0.562. The average Bonchev–Trinajstić information content (AvgIpc) is 3.09. The van der Waals surface area contributed by atoms with Gasteiger partial charge in [0, 0.05) is 6.04 Å². The Morgan fingerprint density at radius 2 is 2.10 bits per heavy atom. The van der Waals surface area contributed by atoms with Crippen LogP contribution in [-0.2, 0) is 0 Å². The Balaban J connectivity index is 1.69. The van der Waals surface area contributed by atoms with Gasteiger partial charge in [-0.1, -0.05) is 25.1 Å². The first-order valence-electron chi connectivity index (χ1n) is 7.01. The molecule has 1 aromatic carbocycles. The lowest BCUT2D eigenvalue weighted by Gasteiger charge is -2.10. The highest BCUT2D eigenvalue weighted by atomic mass is 16.2. The number of carbonyl (C=O) groups is 1. The fraction of sp³-hybridized carbons (Fsp3) is 0.400. The van der Waals surface area contributed by atoms with Gasteiger partial charge in [-0.05, 0) is 37.3 Å². The summed E-state index contributed by atoms with van der Waals surface area (Å²) in [5, 5.41) is 11.4. The Kier molecular flexibility index (Phi) is 3.50. The van der Waals surface area contributed by atoms with Crippen LogP contribution in [0.2, 0.25) is 0 Å². The van der Waals surface area contributed by atoms with E-state index in [1.54, 1.807) is 0 Å². The molecule has 104 valence electrons. The van der Waals surface area contributed by atoms with E-state index in [2.05, 4.69) is 22.4 Å². The number of hydrogen-bond acceptors (Lipinski definition) is 3. The van der Waals surface area contributed by atoms with E-state index in [-0.39, 0.29) is 11.9 Å². The summed E-state index contributed by atoms with van der Waals surface area (Å²) in [7, 11) is 0. The zero-order chi connectivity index (χ0) is 13.9. The van der Waals surface area contributed by atoms with Crippen LogP contribution in [0, 0.1) is 5.92 Å². The van der Waals surface area contributed by atoms with Crippen LogP contribution in [0.4, 0.5) is 0 Å². The van der Waals surface area contributed by atoms with Crippen LogP contribution >= 0.6 is 0 Å². The second-order valence-corrected chi connectivity index (χ2v) is 5.44. The number of nitrogens with one attached hydrogen (secondary N) is 1. The van der Waals surface area contributed by atoms with E-state index in [0.29, 0.717) is 11.6 Å². The van der Waals surface area contributed by atoms with Gasteiger partial charge >= 0.3 is 0 Å². The molecule has 1 aliphatic carbocycles. The first-order chi connectivity index (χ1) is 9.72. The molecule has 0 saturated heterocycles. The van der Waals surface area contributed by atoms with Crippen LogP contribution in [0.15, 0.2) is 36.5 Å². The molecule has 1 fully saturated rings. The average molecular weight is 270 g/mol. The normalized spacial score (nSPS) is 21.9. The summed E-state index contributed by atoms with van der Waals surface area (Å²) in [6, 6.07) is 9.85. The van der Waals surface area contributed by atoms with Crippen LogP contribution in [-0.4, -0.2) is 26.9 Å². The third kappa shape index (κ3) is 2.71. The molecule has 20 heavy (non-hydrogen) atoms. The molecule has 1 saturated carbocycles. The van der Waals surface area contributed by atoms with Crippen LogP contribution in [0.1, 0.15) is 36.7 Å². The second-order valence-electron chi connectivity index (χ2n) is 5.44.